The van der Waals surface area contributed by atoms with Crippen LogP contribution >= 0.6 is 0 Å². The second kappa shape index (κ2) is 16.1. The Kier molecular flexibility index (Phi) is 11.6. The number of alkyl halides is 3. The van der Waals surface area contributed by atoms with Crippen LogP contribution in [0.4, 0.5) is 19.0 Å². The monoisotopic (exact) mass is 704 g/mol. The Morgan fingerprint density at radius 3 is 2.35 bits per heavy atom. The third-order valence-corrected chi connectivity index (χ3v) is 8.73. The van der Waals surface area contributed by atoms with E-state index in [9.17, 15) is 27.6 Å². The Morgan fingerprint density at radius 1 is 1.08 bits per heavy atom. The molecule has 51 heavy (non-hydrogen) atoms. The molecule has 0 spiro atoms. The van der Waals surface area contributed by atoms with Gasteiger partial charge >= 0.3 is 6.18 Å². The molecule has 2 aliphatic heterocycles. The van der Waals surface area contributed by atoms with E-state index in [4.69, 9.17) is 4.74 Å². The number of nitrogens with zero attached hydrogens (tertiary/aromatic N) is 6. The van der Waals surface area contributed by atoms with Gasteiger partial charge in [-0.3, -0.25) is 24.2 Å². The minimum absolute atomic E-state index is 0.0136. The Balaban J connectivity index is 0.000000218. The fourth-order valence-electron chi connectivity index (χ4n) is 5.53. The number of rotatable bonds is 10. The predicted molar refractivity (Wildman–Crippen MR) is 183 cm³/mol. The molecule has 6 rings (SSSR count). The van der Waals surface area contributed by atoms with Gasteiger partial charge in [0.1, 0.15) is 17.6 Å². The van der Waals surface area contributed by atoms with Crippen molar-refractivity contribution >= 4 is 23.5 Å². The second-order valence-corrected chi connectivity index (χ2v) is 12.0. The summed E-state index contributed by atoms with van der Waals surface area (Å²) in [6, 6.07) is 19.2. The number of nitrogens with one attached hydrogen (secondary N) is 2. The molecule has 0 bridgehead atoms. The summed E-state index contributed by atoms with van der Waals surface area (Å²) in [7, 11) is 2.01. The maximum atomic E-state index is 13.0. The minimum atomic E-state index is -4.71. The van der Waals surface area contributed by atoms with Crippen molar-refractivity contribution < 1.29 is 32.3 Å². The second-order valence-electron chi connectivity index (χ2n) is 12.0. The summed E-state index contributed by atoms with van der Waals surface area (Å²) in [5.41, 5.74) is 1.94. The molecule has 0 saturated carbocycles. The zero-order valence-electron chi connectivity index (χ0n) is 28.4. The van der Waals surface area contributed by atoms with E-state index in [2.05, 4.69) is 37.2 Å². The topological polar surface area (TPSA) is 135 Å². The zero-order chi connectivity index (χ0) is 36.7. The smallest absolute Gasteiger partial charge is 0.378 e. The molecule has 4 aromatic rings. The van der Waals surface area contributed by atoms with Gasteiger partial charge in [-0.05, 0) is 44.7 Å². The number of carbonyl (C=O) groups is 3. The van der Waals surface area contributed by atoms with E-state index in [0.29, 0.717) is 36.6 Å². The molecule has 3 amide bonds. The van der Waals surface area contributed by atoms with Gasteiger partial charge in [0.15, 0.2) is 0 Å². The highest BCUT2D eigenvalue weighted by molar-refractivity contribution is 6.03. The van der Waals surface area contributed by atoms with Gasteiger partial charge in [0.05, 0.1) is 31.1 Å². The summed E-state index contributed by atoms with van der Waals surface area (Å²) in [5, 5.41) is 9.74. The van der Waals surface area contributed by atoms with E-state index in [0.717, 1.165) is 36.2 Å². The number of hydrogen-bond acceptors (Lipinski definition) is 8. The number of benzene rings is 2. The summed E-state index contributed by atoms with van der Waals surface area (Å²) < 4.78 is 45.4. The molecule has 12 nitrogen and oxygen atoms in total. The van der Waals surface area contributed by atoms with Gasteiger partial charge in [-0.15, -0.1) is 0 Å². The van der Waals surface area contributed by atoms with Gasteiger partial charge in [0.25, 0.3) is 11.8 Å². The number of hydrogen-bond donors (Lipinski definition) is 2. The van der Waals surface area contributed by atoms with Crippen molar-refractivity contribution in [2.75, 3.05) is 31.7 Å². The van der Waals surface area contributed by atoms with Gasteiger partial charge in [0, 0.05) is 42.9 Å². The number of aromatic nitrogens is 4. The van der Waals surface area contributed by atoms with Crippen LogP contribution in [0.25, 0.3) is 5.69 Å². The average molecular weight is 705 g/mol. The Morgan fingerprint density at radius 2 is 1.75 bits per heavy atom. The van der Waals surface area contributed by atoms with Crippen molar-refractivity contribution in [2.45, 2.75) is 51.1 Å². The number of likely N-dealkylation sites (N-methyl/N-ethyl adjacent to an activating group) is 2. The SMILES string of the molecule is C=C(C(=O)NCc1ccccc1)C(C)N(C)C1COC1.CCN1C(=O)C(NC(=O)c2nccc(C(F)(F)F)n2)Cc2cnn(-c3ccccc3)c21. The molecule has 0 radical (unpaired) electrons. The van der Waals surface area contributed by atoms with E-state index < -0.39 is 35.6 Å². The summed E-state index contributed by atoms with van der Waals surface area (Å²) in [5.74, 6) is -1.50. The van der Waals surface area contributed by atoms with Crippen LogP contribution in [0.1, 0.15) is 41.3 Å². The standard InChI is InChI=1S/C20H17F3N6O2.C16H22N2O2/c1-2-28-18-12(11-25-29(18)13-6-4-3-5-7-13)10-14(19(28)31)26-17(30)16-24-9-8-15(27-16)20(21,22)23;1-12(13(2)18(3)15-10-20-11-15)16(19)17-9-14-7-5-4-6-8-14/h3-9,11,14H,2,10H2,1H3,(H,26,30);4-8,13,15H,1,9-11H2,2-3H3,(H,17,19). The highest BCUT2D eigenvalue weighted by Gasteiger charge is 2.38. The van der Waals surface area contributed by atoms with Crippen LogP contribution in [0.3, 0.4) is 0 Å². The van der Waals surface area contributed by atoms with E-state index in [1.807, 2.05) is 74.6 Å². The van der Waals surface area contributed by atoms with Crippen LogP contribution in [0.15, 0.2) is 91.3 Å². The molecule has 2 aliphatic rings. The van der Waals surface area contributed by atoms with Gasteiger partial charge < -0.3 is 15.4 Å². The molecule has 1 fully saturated rings. The molecule has 268 valence electrons. The maximum Gasteiger partial charge on any atom is 0.433 e. The minimum Gasteiger partial charge on any atom is -0.378 e. The van der Waals surface area contributed by atoms with E-state index in [1.54, 1.807) is 17.8 Å². The lowest BCUT2D eigenvalue weighted by atomic mass is 10.0. The van der Waals surface area contributed by atoms with Crippen molar-refractivity contribution in [2.24, 2.45) is 0 Å². The third-order valence-electron chi connectivity index (χ3n) is 8.73. The van der Waals surface area contributed by atoms with Gasteiger partial charge in [-0.25, -0.2) is 14.6 Å². The van der Waals surface area contributed by atoms with Crippen molar-refractivity contribution in [3.8, 4) is 5.69 Å². The Labute approximate surface area is 293 Å². The summed E-state index contributed by atoms with van der Waals surface area (Å²) in [6.45, 7) is 10.0. The molecule has 2 unspecified atom stereocenters. The molecule has 2 N–H and O–H groups in total. The van der Waals surface area contributed by atoms with Crippen LogP contribution in [-0.2, 0) is 33.5 Å². The molecule has 15 heteroatoms. The summed E-state index contributed by atoms with van der Waals surface area (Å²) in [4.78, 5) is 48.1. The maximum absolute atomic E-state index is 13.0. The Hall–Kier alpha value is -5.41. The number of ether oxygens (including phenoxy) is 1. The fraction of sp³-hybridized carbons (Fsp3) is 0.333. The first kappa shape index (κ1) is 36.9. The summed E-state index contributed by atoms with van der Waals surface area (Å²) >= 11 is 0. The first-order valence-electron chi connectivity index (χ1n) is 16.3. The number of halogens is 3. The zero-order valence-corrected chi connectivity index (χ0v) is 28.4. The number of fused-ring (bicyclic) bond motifs is 1. The molecule has 1 saturated heterocycles. The Bertz CT molecular complexity index is 1850. The molecular weight excluding hydrogens is 665 g/mol. The number of amides is 3. The molecule has 2 aromatic carbocycles. The van der Waals surface area contributed by atoms with Crippen LogP contribution in [0, 0.1) is 0 Å². The molecular formula is C36H39F3N8O4. The van der Waals surface area contributed by atoms with Crippen LogP contribution < -0.4 is 15.5 Å². The molecule has 2 aromatic heterocycles. The summed E-state index contributed by atoms with van der Waals surface area (Å²) in [6.07, 6.45) is -2.11. The van der Waals surface area contributed by atoms with Crippen molar-refractivity contribution in [1.29, 1.82) is 0 Å². The van der Waals surface area contributed by atoms with Crippen LogP contribution in [-0.4, -0.2) is 87.3 Å². The normalized spacial score (nSPS) is 16.3. The molecule has 0 aliphatic carbocycles. The van der Waals surface area contributed by atoms with Gasteiger partial charge in [-0.2, -0.15) is 18.3 Å². The fourth-order valence-corrected chi connectivity index (χ4v) is 5.53. The van der Waals surface area contributed by atoms with E-state index >= 15 is 0 Å². The first-order chi connectivity index (χ1) is 24.4. The van der Waals surface area contributed by atoms with Crippen LogP contribution in [0.2, 0.25) is 0 Å². The van der Waals surface area contributed by atoms with Gasteiger partial charge in [-0.1, -0.05) is 55.1 Å². The number of anilines is 1. The lowest BCUT2D eigenvalue weighted by Crippen LogP contribution is -2.53. The number of para-hydroxylation sites is 1. The van der Waals surface area contributed by atoms with Crippen molar-refractivity contribution in [1.82, 2.24) is 35.3 Å². The third kappa shape index (κ3) is 8.67. The first-order valence-corrected chi connectivity index (χ1v) is 16.3. The quantitative estimate of drug-likeness (QED) is 0.237. The highest BCUT2D eigenvalue weighted by atomic mass is 19.4. The number of carbonyl (C=O) groups excluding carboxylic acids is 3. The van der Waals surface area contributed by atoms with Crippen molar-refractivity contribution in [3.05, 3.63) is 114 Å². The highest BCUT2D eigenvalue weighted by Crippen LogP contribution is 2.31. The average Bonchev–Trinajstić information content (AvgIpc) is 3.53. The molecule has 4 heterocycles. The van der Waals surface area contributed by atoms with Crippen molar-refractivity contribution in [3.63, 3.8) is 0 Å². The lowest BCUT2D eigenvalue weighted by Gasteiger charge is -2.38. The van der Waals surface area contributed by atoms with Gasteiger partial charge in [0.2, 0.25) is 11.7 Å². The molecule has 2 atom stereocenters. The van der Waals surface area contributed by atoms with Crippen LogP contribution in [0.5, 0.6) is 0 Å². The predicted octanol–water partition coefficient (Wildman–Crippen LogP) is 3.97. The lowest BCUT2D eigenvalue weighted by molar-refractivity contribution is -0.141. The largest absolute Gasteiger partial charge is 0.433 e. The van der Waals surface area contributed by atoms with E-state index in [1.165, 1.54) is 4.90 Å². The van der Waals surface area contributed by atoms with E-state index in [-0.39, 0.29) is 18.4 Å².